The van der Waals surface area contributed by atoms with Crippen LogP contribution in [0.4, 0.5) is 0 Å². The van der Waals surface area contributed by atoms with Gasteiger partial charge in [-0.3, -0.25) is 4.79 Å². The van der Waals surface area contributed by atoms with Crippen molar-refractivity contribution < 1.29 is 9.53 Å². The number of nitrogens with zero attached hydrogens (tertiary/aromatic N) is 2. The molecule has 1 aliphatic rings. The Balaban J connectivity index is 1.37. The number of benzene rings is 3. The van der Waals surface area contributed by atoms with Crippen LogP contribution in [0.1, 0.15) is 66.1 Å². The van der Waals surface area contributed by atoms with E-state index in [0.29, 0.717) is 12.6 Å². The van der Waals surface area contributed by atoms with Gasteiger partial charge in [-0.2, -0.15) is 0 Å². The monoisotopic (exact) mass is 485 g/mol. The number of piperidine rings is 1. The number of hydrogen-bond acceptors (Lipinski definition) is 4. The Bertz CT molecular complexity index is 1060. The maximum Gasteiger partial charge on any atom is 0.251 e. The number of rotatable bonds is 12. The van der Waals surface area contributed by atoms with E-state index in [1.165, 1.54) is 30.4 Å². The van der Waals surface area contributed by atoms with Crippen LogP contribution in [0.5, 0.6) is 5.75 Å². The fourth-order valence-corrected chi connectivity index (χ4v) is 5.09. The lowest BCUT2D eigenvalue weighted by Crippen LogP contribution is -2.47. The molecule has 36 heavy (non-hydrogen) atoms. The minimum Gasteiger partial charge on any atom is -0.496 e. The number of carbonyl (C=O) groups excluding carboxylic acids is 1. The maximum atomic E-state index is 12.3. The van der Waals surface area contributed by atoms with Gasteiger partial charge >= 0.3 is 0 Å². The van der Waals surface area contributed by atoms with Crippen molar-refractivity contribution in [3.05, 3.63) is 102 Å². The van der Waals surface area contributed by atoms with Gasteiger partial charge in [0.25, 0.3) is 5.91 Å². The highest BCUT2D eigenvalue weighted by molar-refractivity contribution is 5.94. The molecule has 1 heterocycles. The normalized spacial score (nSPS) is 16.1. The van der Waals surface area contributed by atoms with Crippen LogP contribution in [0.25, 0.3) is 0 Å². The van der Waals surface area contributed by atoms with E-state index in [4.69, 9.17) is 4.74 Å². The van der Waals surface area contributed by atoms with Gasteiger partial charge in [-0.25, -0.2) is 10.0 Å². The lowest BCUT2D eigenvalue weighted by molar-refractivity contribution is -0.0880. The van der Waals surface area contributed by atoms with E-state index in [1.807, 2.05) is 42.5 Å². The lowest BCUT2D eigenvalue weighted by Gasteiger charge is -2.44. The van der Waals surface area contributed by atoms with E-state index in [9.17, 15) is 4.79 Å². The molecule has 190 valence electrons. The molecule has 0 bridgehead atoms. The topological polar surface area (TPSA) is 44.8 Å². The molecular formula is C31H39N3O2. The van der Waals surface area contributed by atoms with Crippen LogP contribution in [0.15, 0.2) is 84.9 Å². The molecule has 1 aliphatic heterocycles. The van der Waals surface area contributed by atoms with Crippen molar-refractivity contribution in [1.82, 2.24) is 15.3 Å². The molecule has 0 aliphatic carbocycles. The molecule has 1 amide bonds. The molecular weight excluding hydrogens is 446 g/mol. The zero-order valence-electron chi connectivity index (χ0n) is 21.4. The minimum absolute atomic E-state index is 0.00687. The largest absolute Gasteiger partial charge is 0.496 e. The van der Waals surface area contributed by atoms with Crippen LogP contribution in [0, 0.1) is 0 Å². The fraction of sp³-hybridized carbons (Fsp3) is 0.387. The average Bonchev–Trinajstić information content (AvgIpc) is 2.95. The molecule has 1 atom stereocenters. The van der Waals surface area contributed by atoms with E-state index in [0.717, 1.165) is 50.2 Å². The van der Waals surface area contributed by atoms with Gasteiger partial charge in [0.2, 0.25) is 0 Å². The van der Waals surface area contributed by atoms with Gasteiger partial charge in [-0.1, -0.05) is 79.6 Å². The van der Waals surface area contributed by atoms with Crippen molar-refractivity contribution in [3.8, 4) is 5.75 Å². The Hall–Kier alpha value is -3.15. The third-order valence-corrected chi connectivity index (χ3v) is 6.98. The maximum absolute atomic E-state index is 12.3. The van der Waals surface area contributed by atoms with Gasteiger partial charge < -0.3 is 10.1 Å². The summed E-state index contributed by atoms with van der Waals surface area (Å²) < 4.78 is 5.68. The van der Waals surface area contributed by atoms with Crippen molar-refractivity contribution in [2.45, 2.75) is 51.1 Å². The van der Waals surface area contributed by atoms with E-state index < -0.39 is 0 Å². The second-order valence-corrected chi connectivity index (χ2v) is 9.47. The van der Waals surface area contributed by atoms with Crippen molar-refractivity contribution in [3.63, 3.8) is 0 Å². The summed E-state index contributed by atoms with van der Waals surface area (Å²) in [6, 6.07) is 29.1. The van der Waals surface area contributed by atoms with Crippen LogP contribution in [-0.4, -0.2) is 42.7 Å². The van der Waals surface area contributed by atoms with E-state index in [2.05, 4.69) is 57.8 Å². The van der Waals surface area contributed by atoms with Gasteiger partial charge in [-0.05, 0) is 49.4 Å². The Kier molecular flexibility index (Phi) is 9.95. The summed E-state index contributed by atoms with van der Waals surface area (Å²) in [4.78, 5) is 12.3. The van der Waals surface area contributed by atoms with Crippen LogP contribution < -0.4 is 10.1 Å². The highest BCUT2D eigenvalue weighted by Gasteiger charge is 2.29. The number of amides is 1. The SMILES string of the molecule is COc1ccccc1CN(CCCCCNC(=O)c1ccccc1)N1CCCC[C@H]1c1ccccc1. The summed E-state index contributed by atoms with van der Waals surface area (Å²) in [6.07, 6.45) is 6.79. The summed E-state index contributed by atoms with van der Waals surface area (Å²) in [6.45, 7) is 3.59. The zero-order valence-corrected chi connectivity index (χ0v) is 21.4. The number of unbranched alkanes of at least 4 members (excludes halogenated alkanes) is 2. The molecule has 5 nitrogen and oxygen atoms in total. The van der Waals surface area contributed by atoms with Crippen LogP contribution in [-0.2, 0) is 6.54 Å². The zero-order chi connectivity index (χ0) is 25.0. The number of methoxy groups -OCH3 is 1. The molecule has 0 aromatic heterocycles. The third kappa shape index (κ3) is 7.19. The first-order chi connectivity index (χ1) is 17.8. The first kappa shape index (κ1) is 25.9. The summed E-state index contributed by atoms with van der Waals surface area (Å²) in [5, 5.41) is 8.19. The van der Waals surface area contributed by atoms with Crippen molar-refractivity contribution in [1.29, 1.82) is 0 Å². The van der Waals surface area contributed by atoms with Gasteiger partial charge in [0, 0.05) is 43.3 Å². The van der Waals surface area contributed by atoms with Crippen LogP contribution in [0.2, 0.25) is 0 Å². The molecule has 3 aromatic rings. The molecule has 5 heteroatoms. The molecule has 3 aromatic carbocycles. The predicted octanol–water partition coefficient (Wildman–Crippen LogP) is 6.24. The second-order valence-electron chi connectivity index (χ2n) is 9.47. The first-order valence-electron chi connectivity index (χ1n) is 13.3. The Morgan fingerprint density at radius 3 is 2.42 bits per heavy atom. The molecule has 0 radical (unpaired) electrons. The summed E-state index contributed by atoms with van der Waals surface area (Å²) >= 11 is 0. The fourth-order valence-electron chi connectivity index (χ4n) is 5.09. The van der Waals surface area contributed by atoms with Gasteiger partial charge in [-0.15, -0.1) is 0 Å². The van der Waals surface area contributed by atoms with Crippen molar-refractivity contribution in [2.24, 2.45) is 0 Å². The standard InChI is InChI=1S/C31H39N3O2/c1-36-30-21-10-9-19-28(30)25-33(34-24-14-11-20-29(34)26-15-5-2-6-16-26)23-13-4-12-22-32-31(35)27-17-7-3-8-18-27/h2-3,5-10,15-19,21,29H,4,11-14,20,22-25H2,1H3,(H,32,35)/t29-/m0/s1. The number of hydrazine groups is 1. The van der Waals surface area contributed by atoms with Gasteiger partial charge in [0.05, 0.1) is 7.11 Å². The number of ether oxygens (including phenoxy) is 1. The Morgan fingerprint density at radius 2 is 1.64 bits per heavy atom. The number of hydrogen-bond donors (Lipinski definition) is 1. The van der Waals surface area contributed by atoms with E-state index >= 15 is 0 Å². The highest BCUT2D eigenvalue weighted by atomic mass is 16.5. The number of nitrogens with one attached hydrogen (secondary N) is 1. The summed E-state index contributed by atoms with van der Waals surface area (Å²) in [5.41, 5.74) is 3.33. The number of para-hydroxylation sites is 1. The molecule has 1 fully saturated rings. The predicted molar refractivity (Wildman–Crippen MR) is 146 cm³/mol. The summed E-state index contributed by atoms with van der Waals surface area (Å²) in [5.74, 6) is 0.951. The highest BCUT2D eigenvalue weighted by Crippen LogP contribution is 2.33. The molecule has 0 unspecified atom stereocenters. The quantitative estimate of drug-likeness (QED) is 0.309. The molecule has 0 saturated carbocycles. The first-order valence-corrected chi connectivity index (χ1v) is 13.3. The van der Waals surface area contributed by atoms with Crippen LogP contribution in [0.3, 0.4) is 0 Å². The van der Waals surface area contributed by atoms with Crippen molar-refractivity contribution in [2.75, 3.05) is 26.7 Å². The second kappa shape index (κ2) is 13.8. The third-order valence-electron chi connectivity index (χ3n) is 6.98. The molecule has 1 N–H and O–H groups in total. The lowest BCUT2D eigenvalue weighted by atomic mass is 9.96. The number of carbonyl (C=O) groups is 1. The Labute approximate surface area is 216 Å². The molecule has 4 rings (SSSR count). The van der Waals surface area contributed by atoms with E-state index in [-0.39, 0.29) is 5.91 Å². The van der Waals surface area contributed by atoms with Crippen molar-refractivity contribution >= 4 is 5.91 Å². The Morgan fingerprint density at radius 1 is 0.917 bits per heavy atom. The smallest absolute Gasteiger partial charge is 0.251 e. The van der Waals surface area contributed by atoms with Gasteiger partial charge in [0.1, 0.15) is 5.75 Å². The minimum atomic E-state index is 0.00687. The molecule has 0 spiro atoms. The average molecular weight is 486 g/mol. The van der Waals surface area contributed by atoms with E-state index in [1.54, 1.807) is 7.11 Å². The molecule has 1 saturated heterocycles. The van der Waals surface area contributed by atoms with Crippen LogP contribution >= 0.6 is 0 Å². The summed E-state index contributed by atoms with van der Waals surface area (Å²) in [7, 11) is 1.75. The van der Waals surface area contributed by atoms with Gasteiger partial charge in [0.15, 0.2) is 0 Å².